The van der Waals surface area contributed by atoms with Crippen molar-refractivity contribution in [2.24, 2.45) is 0 Å². The normalized spacial score (nSPS) is 9.81. The third-order valence-electron chi connectivity index (χ3n) is 3.36. The fraction of sp³-hybridized carbons (Fsp3) is 0.294. The molecule has 1 heterocycles. The van der Waals surface area contributed by atoms with Crippen molar-refractivity contribution in [2.45, 2.75) is 20.4 Å². The van der Waals surface area contributed by atoms with Crippen LogP contribution in [0.5, 0.6) is 0 Å². The molecule has 2 aromatic rings. The van der Waals surface area contributed by atoms with Gasteiger partial charge in [0, 0.05) is 24.7 Å². The molecule has 0 aliphatic rings. The van der Waals surface area contributed by atoms with Crippen LogP contribution in [-0.2, 0) is 6.54 Å². The van der Waals surface area contributed by atoms with Crippen molar-refractivity contribution in [1.29, 1.82) is 0 Å². The predicted octanol–water partition coefficient (Wildman–Crippen LogP) is -0.492. The number of hydrogen-bond acceptors (Lipinski definition) is 1. The third kappa shape index (κ3) is 4.67. The molecular formula is C17H21BrN2O. The lowest BCUT2D eigenvalue weighted by molar-refractivity contribution is -0.688. The maximum atomic E-state index is 12.3. The first-order valence-electron chi connectivity index (χ1n) is 7.07. The zero-order valence-electron chi connectivity index (χ0n) is 12.5. The maximum absolute atomic E-state index is 12.3. The highest BCUT2D eigenvalue weighted by Gasteiger charge is 2.15. The summed E-state index contributed by atoms with van der Waals surface area (Å²) in [4.78, 5) is 14.2. The highest BCUT2D eigenvalue weighted by molar-refractivity contribution is 5.93. The summed E-state index contributed by atoms with van der Waals surface area (Å²) in [6.45, 7) is 6.26. The summed E-state index contributed by atoms with van der Waals surface area (Å²) in [5.41, 5.74) is 1.97. The molecule has 0 spiro atoms. The number of carbonyl (C=O) groups is 1. The number of pyridine rings is 1. The molecule has 0 radical (unpaired) electrons. The first-order valence-corrected chi connectivity index (χ1v) is 7.07. The molecular weight excluding hydrogens is 328 g/mol. The van der Waals surface area contributed by atoms with Gasteiger partial charge in [-0.05, 0) is 19.9 Å². The number of nitrogens with zero attached hydrogens (tertiary/aromatic N) is 2. The smallest absolute Gasteiger partial charge is 0.259 e. The number of rotatable bonds is 5. The molecule has 0 fully saturated rings. The van der Waals surface area contributed by atoms with Gasteiger partial charge in [0.15, 0.2) is 18.9 Å². The monoisotopic (exact) mass is 348 g/mol. The maximum Gasteiger partial charge on any atom is 0.259 e. The van der Waals surface area contributed by atoms with E-state index in [1.54, 1.807) is 0 Å². The number of benzene rings is 1. The Balaban J connectivity index is 0.00000220. The molecule has 0 unspecified atom stereocenters. The van der Waals surface area contributed by atoms with E-state index in [-0.39, 0.29) is 22.9 Å². The summed E-state index contributed by atoms with van der Waals surface area (Å²) in [6, 6.07) is 14.1. The largest absolute Gasteiger partial charge is 1.00 e. The molecule has 112 valence electrons. The molecule has 2 rings (SSSR count). The average molecular weight is 349 g/mol. The standard InChI is InChI=1S/C17H21N2O.BrH/c1-3-19(4-2)17(20)16-11-8-12-18(14-16)13-15-9-6-5-7-10-15;/h5-12,14H,3-4,13H2,1-2H3;1H/q+1;/p-1. The molecule has 0 aliphatic carbocycles. The van der Waals surface area contributed by atoms with E-state index < -0.39 is 0 Å². The molecule has 0 saturated carbocycles. The van der Waals surface area contributed by atoms with E-state index in [1.807, 2.05) is 66.0 Å². The van der Waals surface area contributed by atoms with Gasteiger partial charge in [-0.15, -0.1) is 0 Å². The van der Waals surface area contributed by atoms with Gasteiger partial charge in [0.25, 0.3) is 5.91 Å². The Bertz CT molecular complexity index is 568. The van der Waals surface area contributed by atoms with Crippen LogP contribution in [0.1, 0.15) is 29.8 Å². The predicted molar refractivity (Wildman–Crippen MR) is 79.4 cm³/mol. The summed E-state index contributed by atoms with van der Waals surface area (Å²) < 4.78 is 2.05. The van der Waals surface area contributed by atoms with Crippen LogP contribution in [0.3, 0.4) is 0 Å². The van der Waals surface area contributed by atoms with Crippen LogP contribution in [0, 0.1) is 0 Å². The van der Waals surface area contributed by atoms with Crippen molar-refractivity contribution in [3.8, 4) is 0 Å². The molecule has 4 heteroatoms. The highest BCUT2D eigenvalue weighted by Crippen LogP contribution is 2.03. The minimum atomic E-state index is 0. The van der Waals surface area contributed by atoms with Gasteiger partial charge in [-0.25, -0.2) is 0 Å². The lowest BCUT2D eigenvalue weighted by Crippen LogP contribution is -3.00. The summed E-state index contributed by atoms with van der Waals surface area (Å²) >= 11 is 0. The Hall–Kier alpha value is -1.68. The van der Waals surface area contributed by atoms with Gasteiger partial charge < -0.3 is 21.9 Å². The molecule has 1 aromatic carbocycles. The van der Waals surface area contributed by atoms with E-state index in [0.717, 1.165) is 25.2 Å². The molecule has 3 nitrogen and oxygen atoms in total. The van der Waals surface area contributed by atoms with E-state index >= 15 is 0 Å². The van der Waals surface area contributed by atoms with Gasteiger partial charge in [-0.2, -0.15) is 4.57 Å². The zero-order chi connectivity index (χ0) is 14.4. The van der Waals surface area contributed by atoms with Gasteiger partial charge >= 0.3 is 0 Å². The van der Waals surface area contributed by atoms with Crippen LogP contribution in [0.15, 0.2) is 54.9 Å². The van der Waals surface area contributed by atoms with E-state index in [0.29, 0.717) is 0 Å². The molecule has 0 bridgehead atoms. The second kappa shape index (κ2) is 8.57. The fourth-order valence-corrected chi connectivity index (χ4v) is 2.23. The summed E-state index contributed by atoms with van der Waals surface area (Å²) in [5, 5.41) is 0. The Morgan fingerprint density at radius 3 is 2.33 bits per heavy atom. The van der Waals surface area contributed by atoms with E-state index in [1.165, 1.54) is 5.56 Å². The van der Waals surface area contributed by atoms with Gasteiger partial charge in [0.05, 0.1) is 0 Å². The van der Waals surface area contributed by atoms with Crippen molar-refractivity contribution in [1.82, 2.24) is 4.90 Å². The summed E-state index contributed by atoms with van der Waals surface area (Å²) in [5.74, 6) is 0.0948. The van der Waals surface area contributed by atoms with E-state index in [9.17, 15) is 4.79 Å². The minimum Gasteiger partial charge on any atom is -1.00 e. The van der Waals surface area contributed by atoms with Crippen molar-refractivity contribution in [2.75, 3.05) is 13.1 Å². The lowest BCUT2D eigenvalue weighted by atomic mass is 10.2. The Labute approximate surface area is 137 Å². The van der Waals surface area contributed by atoms with Crippen LogP contribution in [0.4, 0.5) is 0 Å². The topological polar surface area (TPSA) is 24.2 Å². The Kier molecular flexibility index (Phi) is 7.09. The SMILES string of the molecule is CCN(CC)C(=O)c1ccc[n+](Cc2ccccc2)c1.[Br-]. The van der Waals surface area contributed by atoms with Gasteiger partial charge in [-0.1, -0.05) is 30.3 Å². The number of amides is 1. The molecule has 1 amide bonds. The molecule has 1 aromatic heterocycles. The Morgan fingerprint density at radius 2 is 1.71 bits per heavy atom. The van der Waals surface area contributed by atoms with Crippen LogP contribution in [0.25, 0.3) is 0 Å². The van der Waals surface area contributed by atoms with Crippen LogP contribution in [-0.4, -0.2) is 23.9 Å². The van der Waals surface area contributed by atoms with Crippen molar-refractivity contribution < 1.29 is 26.3 Å². The number of aromatic nitrogens is 1. The molecule has 0 saturated heterocycles. The number of halogens is 1. The molecule has 0 N–H and O–H groups in total. The van der Waals surface area contributed by atoms with Crippen LogP contribution in [0.2, 0.25) is 0 Å². The second-order valence-electron chi connectivity index (χ2n) is 4.73. The van der Waals surface area contributed by atoms with Gasteiger partial charge in [0.2, 0.25) is 0 Å². The van der Waals surface area contributed by atoms with Crippen LogP contribution < -0.4 is 21.5 Å². The number of carbonyl (C=O) groups excluding carboxylic acids is 1. The quantitative estimate of drug-likeness (QED) is 0.669. The average Bonchev–Trinajstić information content (AvgIpc) is 2.49. The van der Waals surface area contributed by atoms with Gasteiger partial charge in [0.1, 0.15) is 5.56 Å². The van der Waals surface area contributed by atoms with Crippen molar-refractivity contribution >= 4 is 5.91 Å². The molecule has 0 aliphatic heterocycles. The number of hydrogen-bond donors (Lipinski definition) is 0. The first kappa shape index (κ1) is 17.4. The summed E-state index contributed by atoms with van der Waals surface area (Å²) in [7, 11) is 0. The van der Waals surface area contributed by atoms with Crippen molar-refractivity contribution in [3.63, 3.8) is 0 Å². The van der Waals surface area contributed by atoms with Crippen LogP contribution >= 0.6 is 0 Å². The third-order valence-corrected chi connectivity index (χ3v) is 3.36. The first-order chi connectivity index (χ1) is 9.74. The molecule has 0 atom stereocenters. The van der Waals surface area contributed by atoms with Gasteiger partial charge in [-0.3, -0.25) is 4.79 Å². The second-order valence-corrected chi connectivity index (χ2v) is 4.73. The minimum absolute atomic E-state index is 0. The molecule has 21 heavy (non-hydrogen) atoms. The van der Waals surface area contributed by atoms with Crippen molar-refractivity contribution in [3.05, 3.63) is 66.0 Å². The summed E-state index contributed by atoms with van der Waals surface area (Å²) in [6.07, 6.45) is 3.92. The zero-order valence-corrected chi connectivity index (χ0v) is 14.1. The Morgan fingerprint density at radius 1 is 1.05 bits per heavy atom. The van der Waals surface area contributed by atoms with E-state index in [4.69, 9.17) is 0 Å². The fourth-order valence-electron chi connectivity index (χ4n) is 2.23. The highest BCUT2D eigenvalue weighted by atomic mass is 79.9. The lowest BCUT2D eigenvalue weighted by Gasteiger charge is -2.17. The van der Waals surface area contributed by atoms with E-state index in [2.05, 4.69) is 12.1 Å².